The second-order valence-electron chi connectivity index (χ2n) is 3.95. The van der Waals surface area contributed by atoms with Crippen molar-refractivity contribution in [3.63, 3.8) is 0 Å². The summed E-state index contributed by atoms with van der Waals surface area (Å²) in [5, 5.41) is 3.31. The van der Waals surface area contributed by atoms with Crippen molar-refractivity contribution in [2.75, 3.05) is 23.5 Å². The van der Waals surface area contributed by atoms with Crippen LogP contribution in [-0.2, 0) is 9.84 Å². The van der Waals surface area contributed by atoms with E-state index in [1.54, 1.807) is 6.92 Å². The Labute approximate surface area is 98.3 Å². The fourth-order valence-electron chi connectivity index (χ4n) is 1.41. The van der Waals surface area contributed by atoms with Crippen LogP contribution in [0, 0.1) is 0 Å². The van der Waals surface area contributed by atoms with Crippen molar-refractivity contribution in [2.24, 2.45) is 0 Å². The van der Waals surface area contributed by atoms with E-state index < -0.39 is 9.84 Å². The van der Waals surface area contributed by atoms with E-state index in [1.807, 2.05) is 18.7 Å². The van der Waals surface area contributed by atoms with Crippen LogP contribution in [0.25, 0.3) is 0 Å². The van der Waals surface area contributed by atoms with E-state index in [0.29, 0.717) is 6.04 Å². The van der Waals surface area contributed by atoms with Crippen molar-refractivity contribution in [2.45, 2.75) is 39.3 Å². The number of nitrogens with one attached hydrogen (secondary N) is 1. The number of hydrogen-bond donors (Lipinski definition) is 1. The standard InChI is InChI=1S/C10H23NO2S2/c1-5-15(12,13)8-10(3)11-9(2)6-7-14-4/h9-11H,5-8H2,1-4H3. The lowest BCUT2D eigenvalue weighted by molar-refractivity contribution is 0.478. The van der Waals surface area contributed by atoms with Gasteiger partial charge in [-0.15, -0.1) is 0 Å². The SMILES string of the molecule is CCS(=O)(=O)CC(C)NC(C)CCSC. The first kappa shape index (κ1) is 15.3. The van der Waals surface area contributed by atoms with Crippen LogP contribution in [0.15, 0.2) is 0 Å². The molecule has 0 amide bonds. The predicted octanol–water partition coefficient (Wildman–Crippen LogP) is 1.54. The minimum absolute atomic E-state index is 0.0480. The average molecular weight is 253 g/mol. The lowest BCUT2D eigenvalue weighted by Gasteiger charge is -2.19. The molecule has 1 N–H and O–H groups in total. The normalized spacial score (nSPS) is 16.3. The molecule has 0 aromatic carbocycles. The third kappa shape index (κ3) is 8.11. The van der Waals surface area contributed by atoms with Gasteiger partial charge in [0.1, 0.15) is 0 Å². The molecule has 92 valence electrons. The van der Waals surface area contributed by atoms with Crippen LogP contribution in [0.4, 0.5) is 0 Å². The molecule has 15 heavy (non-hydrogen) atoms. The van der Waals surface area contributed by atoms with Crippen molar-refractivity contribution >= 4 is 21.6 Å². The second-order valence-corrected chi connectivity index (χ2v) is 7.33. The monoisotopic (exact) mass is 253 g/mol. The number of thioether (sulfide) groups is 1. The van der Waals surface area contributed by atoms with Gasteiger partial charge in [0.25, 0.3) is 0 Å². The van der Waals surface area contributed by atoms with Crippen LogP contribution in [0.5, 0.6) is 0 Å². The molecule has 0 aliphatic heterocycles. The van der Waals surface area contributed by atoms with Crippen molar-refractivity contribution in [1.29, 1.82) is 0 Å². The summed E-state index contributed by atoms with van der Waals surface area (Å²) in [6.45, 7) is 5.73. The summed E-state index contributed by atoms with van der Waals surface area (Å²) in [6.07, 6.45) is 3.16. The zero-order chi connectivity index (χ0) is 11.9. The Morgan fingerprint density at radius 3 is 2.33 bits per heavy atom. The van der Waals surface area contributed by atoms with Gasteiger partial charge < -0.3 is 5.32 Å². The molecule has 3 nitrogen and oxygen atoms in total. The van der Waals surface area contributed by atoms with Crippen molar-refractivity contribution < 1.29 is 8.42 Å². The van der Waals surface area contributed by atoms with Gasteiger partial charge in [-0.3, -0.25) is 0 Å². The molecule has 0 fully saturated rings. The van der Waals surface area contributed by atoms with Gasteiger partial charge in [0.15, 0.2) is 9.84 Å². The number of sulfone groups is 1. The van der Waals surface area contributed by atoms with Crippen molar-refractivity contribution in [3.8, 4) is 0 Å². The molecule has 0 saturated carbocycles. The van der Waals surface area contributed by atoms with Gasteiger partial charge in [0, 0.05) is 17.8 Å². The van der Waals surface area contributed by atoms with Crippen LogP contribution in [0.2, 0.25) is 0 Å². The van der Waals surface area contributed by atoms with E-state index >= 15 is 0 Å². The van der Waals surface area contributed by atoms with E-state index in [9.17, 15) is 8.42 Å². The van der Waals surface area contributed by atoms with Crippen molar-refractivity contribution in [3.05, 3.63) is 0 Å². The van der Waals surface area contributed by atoms with E-state index in [-0.39, 0.29) is 17.5 Å². The topological polar surface area (TPSA) is 46.2 Å². The van der Waals surface area contributed by atoms with Gasteiger partial charge in [-0.25, -0.2) is 8.42 Å². The van der Waals surface area contributed by atoms with Crippen LogP contribution in [0.1, 0.15) is 27.2 Å². The molecule has 0 rings (SSSR count). The van der Waals surface area contributed by atoms with Crippen LogP contribution < -0.4 is 5.32 Å². The maximum Gasteiger partial charge on any atom is 0.151 e. The Morgan fingerprint density at radius 1 is 1.27 bits per heavy atom. The fourth-order valence-corrected chi connectivity index (χ4v) is 3.09. The third-order valence-electron chi connectivity index (χ3n) is 2.27. The first-order chi connectivity index (χ1) is 6.91. The molecule has 0 aliphatic rings. The Bertz CT molecular complexity index is 252. The van der Waals surface area contributed by atoms with E-state index in [1.165, 1.54) is 0 Å². The minimum atomic E-state index is -2.85. The first-order valence-electron chi connectivity index (χ1n) is 5.36. The van der Waals surface area contributed by atoms with Gasteiger partial charge in [-0.1, -0.05) is 6.92 Å². The van der Waals surface area contributed by atoms with Gasteiger partial charge in [0.05, 0.1) is 5.75 Å². The Hall–Kier alpha value is 0.260. The summed E-state index contributed by atoms with van der Waals surface area (Å²) < 4.78 is 22.7. The second kappa shape index (κ2) is 7.52. The smallest absolute Gasteiger partial charge is 0.151 e. The predicted molar refractivity (Wildman–Crippen MR) is 69.4 cm³/mol. The Morgan fingerprint density at radius 2 is 1.87 bits per heavy atom. The van der Waals surface area contributed by atoms with Crippen LogP contribution in [0.3, 0.4) is 0 Å². The largest absolute Gasteiger partial charge is 0.311 e. The summed E-state index contributed by atoms with van der Waals surface area (Å²) in [6, 6.07) is 0.436. The lowest BCUT2D eigenvalue weighted by Crippen LogP contribution is -2.39. The van der Waals surface area contributed by atoms with E-state index in [2.05, 4.69) is 18.5 Å². The molecule has 0 radical (unpaired) electrons. The summed E-state index contributed by atoms with van der Waals surface area (Å²) in [5.74, 6) is 1.59. The summed E-state index contributed by atoms with van der Waals surface area (Å²) in [4.78, 5) is 0. The lowest BCUT2D eigenvalue weighted by atomic mass is 10.2. The number of hydrogen-bond acceptors (Lipinski definition) is 4. The molecular formula is C10H23NO2S2. The molecule has 0 bridgehead atoms. The fraction of sp³-hybridized carbons (Fsp3) is 1.00. The molecule has 0 saturated heterocycles. The minimum Gasteiger partial charge on any atom is -0.311 e. The molecular weight excluding hydrogens is 230 g/mol. The molecule has 0 heterocycles. The Balaban J connectivity index is 3.87. The molecule has 2 atom stereocenters. The maximum absolute atomic E-state index is 11.4. The zero-order valence-electron chi connectivity index (χ0n) is 10.1. The van der Waals surface area contributed by atoms with Crippen molar-refractivity contribution in [1.82, 2.24) is 5.32 Å². The summed E-state index contributed by atoms with van der Waals surface area (Å²) in [5.41, 5.74) is 0. The van der Waals surface area contributed by atoms with Gasteiger partial charge >= 0.3 is 0 Å². The Kier molecular flexibility index (Phi) is 7.65. The highest BCUT2D eigenvalue weighted by molar-refractivity contribution is 7.98. The third-order valence-corrected chi connectivity index (χ3v) is 4.80. The van der Waals surface area contributed by atoms with E-state index in [0.717, 1.165) is 12.2 Å². The highest BCUT2D eigenvalue weighted by atomic mass is 32.2. The van der Waals surface area contributed by atoms with Crippen LogP contribution >= 0.6 is 11.8 Å². The highest BCUT2D eigenvalue weighted by Crippen LogP contribution is 2.02. The molecule has 0 spiro atoms. The summed E-state index contributed by atoms with van der Waals surface area (Å²) >= 11 is 1.82. The van der Waals surface area contributed by atoms with E-state index in [4.69, 9.17) is 0 Å². The van der Waals surface area contributed by atoms with Gasteiger partial charge in [0.2, 0.25) is 0 Å². The van der Waals surface area contributed by atoms with Gasteiger partial charge in [-0.2, -0.15) is 11.8 Å². The average Bonchev–Trinajstić information content (AvgIpc) is 2.13. The zero-order valence-corrected chi connectivity index (χ0v) is 11.7. The highest BCUT2D eigenvalue weighted by Gasteiger charge is 2.14. The molecule has 0 aliphatic carbocycles. The molecule has 5 heteroatoms. The molecule has 0 aromatic heterocycles. The quantitative estimate of drug-likeness (QED) is 0.713. The summed E-state index contributed by atoms with van der Waals surface area (Å²) in [7, 11) is -2.85. The van der Waals surface area contributed by atoms with Crippen LogP contribution in [-0.4, -0.2) is 44.0 Å². The molecule has 0 aromatic rings. The first-order valence-corrected chi connectivity index (χ1v) is 8.58. The number of rotatable bonds is 8. The molecule has 2 unspecified atom stereocenters. The maximum atomic E-state index is 11.4. The van der Waals surface area contributed by atoms with Gasteiger partial charge in [-0.05, 0) is 32.3 Å².